The van der Waals surface area contributed by atoms with Gasteiger partial charge < -0.3 is 35.6 Å². The van der Waals surface area contributed by atoms with Gasteiger partial charge in [-0.05, 0) is 40.3 Å². The van der Waals surface area contributed by atoms with Crippen molar-refractivity contribution in [3.63, 3.8) is 0 Å². The van der Waals surface area contributed by atoms with Crippen molar-refractivity contribution in [3.05, 3.63) is 131 Å². The normalized spacial score (nSPS) is 14.0. The Labute approximate surface area is 304 Å². The molecule has 0 saturated heterocycles. The van der Waals surface area contributed by atoms with Gasteiger partial charge in [-0.15, -0.1) is 0 Å². The van der Waals surface area contributed by atoms with Gasteiger partial charge >= 0.3 is 18.2 Å². The Kier molecular flexibility index (Phi) is 13.0. The van der Waals surface area contributed by atoms with Crippen molar-refractivity contribution in [1.29, 1.82) is 0 Å². The van der Waals surface area contributed by atoms with Gasteiger partial charge in [0.15, 0.2) is 0 Å². The number of aliphatic carboxylic acids is 1. The third kappa shape index (κ3) is 9.98. The molecule has 0 aromatic heterocycles. The van der Waals surface area contributed by atoms with Crippen LogP contribution in [0.1, 0.15) is 35.1 Å². The maximum atomic E-state index is 13.5. The summed E-state index contributed by atoms with van der Waals surface area (Å²) in [7, 11) is 0. The van der Waals surface area contributed by atoms with Gasteiger partial charge in [0.1, 0.15) is 31.3 Å². The van der Waals surface area contributed by atoms with Crippen LogP contribution < -0.4 is 16.0 Å². The van der Waals surface area contributed by atoms with Crippen molar-refractivity contribution in [2.75, 3.05) is 12.4 Å². The van der Waals surface area contributed by atoms with E-state index in [0.29, 0.717) is 17.3 Å². The molecule has 1 aliphatic carbocycles. The van der Waals surface area contributed by atoms with E-state index < -0.39 is 59.2 Å². The fraction of sp³-hybridized carbons (Fsp3) is 0.256. The summed E-state index contributed by atoms with van der Waals surface area (Å²) in [4.78, 5) is 64.3. The number of thioether (sulfide) groups is 1. The van der Waals surface area contributed by atoms with Crippen molar-refractivity contribution in [2.24, 2.45) is 0 Å². The molecule has 270 valence electrons. The number of rotatable bonds is 15. The molecule has 0 unspecified atom stereocenters. The lowest BCUT2D eigenvalue weighted by Crippen LogP contribution is -2.56. The molecule has 4 aromatic rings. The number of carboxylic acids is 1. The number of aliphatic hydroxyl groups is 1. The van der Waals surface area contributed by atoms with Crippen LogP contribution in [0, 0.1) is 0 Å². The number of aliphatic hydroxyl groups excluding tert-OH is 1. The van der Waals surface area contributed by atoms with E-state index in [1.54, 1.807) is 54.6 Å². The lowest BCUT2D eigenvalue weighted by Gasteiger charge is -2.23. The highest BCUT2D eigenvalue weighted by molar-refractivity contribution is 8.13. The molecule has 5 N–H and O–H groups in total. The van der Waals surface area contributed by atoms with E-state index in [0.717, 1.165) is 27.8 Å². The molecule has 4 atom stereocenters. The second kappa shape index (κ2) is 18.0. The topological polar surface area (TPSA) is 180 Å². The Morgan fingerprint density at radius 3 is 1.81 bits per heavy atom. The Morgan fingerprint density at radius 1 is 0.692 bits per heavy atom. The minimum Gasteiger partial charge on any atom is -0.480 e. The zero-order chi connectivity index (χ0) is 37.0. The number of carbonyl (C=O) groups excluding carboxylic acids is 4. The maximum Gasteiger partial charge on any atom is 0.408 e. The Morgan fingerprint density at radius 2 is 1.23 bits per heavy atom. The fourth-order valence-corrected chi connectivity index (χ4v) is 6.72. The van der Waals surface area contributed by atoms with Crippen LogP contribution in [-0.2, 0) is 36.9 Å². The molecule has 13 heteroatoms. The van der Waals surface area contributed by atoms with Crippen LogP contribution in [0.25, 0.3) is 11.1 Å². The number of hydrogen-bond acceptors (Lipinski definition) is 9. The molecule has 1 aliphatic rings. The molecule has 0 radical (unpaired) electrons. The molecule has 0 aliphatic heterocycles. The van der Waals surface area contributed by atoms with E-state index in [9.17, 15) is 34.2 Å². The van der Waals surface area contributed by atoms with Crippen molar-refractivity contribution in [3.8, 4) is 11.1 Å². The van der Waals surface area contributed by atoms with Crippen molar-refractivity contribution < 1.29 is 43.7 Å². The van der Waals surface area contributed by atoms with E-state index >= 15 is 0 Å². The summed E-state index contributed by atoms with van der Waals surface area (Å²) in [5.74, 6) is -3.05. The number of fused-ring (bicyclic) bond motifs is 3. The number of carbonyl (C=O) groups is 5. The summed E-state index contributed by atoms with van der Waals surface area (Å²) in [5.41, 5.74) is 5.64. The van der Waals surface area contributed by atoms with Gasteiger partial charge in [-0.1, -0.05) is 121 Å². The lowest BCUT2D eigenvalue weighted by molar-refractivity contribution is -0.141. The Hall–Kier alpha value is -5.66. The third-order valence-electron chi connectivity index (χ3n) is 8.46. The SMILES string of the molecule is C[C@@H](O)[C@H](NC(=O)OCc1ccccc1)C(=O)N[C@@H](CSC(=O)[C@H](Cc1ccccc1)NC(=O)OCC1c2ccccc2-c2ccccc21)C(=O)O. The number of amides is 3. The maximum absolute atomic E-state index is 13.5. The summed E-state index contributed by atoms with van der Waals surface area (Å²) >= 11 is 0.609. The average Bonchev–Trinajstić information content (AvgIpc) is 3.47. The molecule has 0 fully saturated rings. The van der Waals surface area contributed by atoms with Crippen molar-refractivity contribution in [2.45, 2.75) is 50.1 Å². The first-order valence-corrected chi connectivity index (χ1v) is 17.6. The van der Waals surface area contributed by atoms with Gasteiger partial charge in [0.25, 0.3) is 0 Å². The highest BCUT2D eigenvalue weighted by Gasteiger charge is 2.33. The van der Waals surface area contributed by atoms with Gasteiger partial charge in [0.2, 0.25) is 11.0 Å². The van der Waals surface area contributed by atoms with Crippen molar-refractivity contribution >= 4 is 40.9 Å². The summed E-state index contributed by atoms with van der Waals surface area (Å²) < 4.78 is 10.8. The van der Waals surface area contributed by atoms with E-state index in [1.165, 1.54) is 6.92 Å². The van der Waals surface area contributed by atoms with Crippen LogP contribution in [-0.4, -0.2) is 76.0 Å². The van der Waals surface area contributed by atoms with Crippen LogP contribution in [0.5, 0.6) is 0 Å². The van der Waals surface area contributed by atoms with Gasteiger partial charge in [-0.25, -0.2) is 14.4 Å². The monoisotopic (exact) mass is 725 g/mol. The van der Waals surface area contributed by atoms with Gasteiger partial charge in [0, 0.05) is 18.1 Å². The molecule has 12 nitrogen and oxygen atoms in total. The number of alkyl carbamates (subject to hydrolysis) is 2. The fourth-order valence-electron chi connectivity index (χ4n) is 5.82. The zero-order valence-corrected chi connectivity index (χ0v) is 29.1. The number of ether oxygens (including phenoxy) is 2. The molecule has 0 bridgehead atoms. The minimum absolute atomic E-state index is 0.0324. The van der Waals surface area contributed by atoms with E-state index in [1.807, 2.05) is 54.6 Å². The first-order valence-electron chi connectivity index (χ1n) is 16.6. The Balaban J connectivity index is 1.19. The summed E-state index contributed by atoms with van der Waals surface area (Å²) in [5, 5.41) is 26.7. The van der Waals surface area contributed by atoms with Crippen molar-refractivity contribution in [1.82, 2.24) is 16.0 Å². The molecular weight excluding hydrogens is 687 g/mol. The Bertz CT molecular complexity index is 1830. The number of carboxylic acid groups (broad SMARTS) is 1. The second-order valence-corrected chi connectivity index (χ2v) is 13.2. The van der Waals surface area contributed by atoms with Gasteiger partial charge in [0.05, 0.1) is 6.10 Å². The molecular formula is C39H39N3O9S. The molecule has 52 heavy (non-hydrogen) atoms. The number of nitrogens with one attached hydrogen (secondary N) is 3. The largest absolute Gasteiger partial charge is 0.480 e. The molecule has 3 amide bonds. The number of hydrogen-bond donors (Lipinski definition) is 5. The summed E-state index contributed by atoms with van der Waals surface area (Å²) in [6.45, 7) is 1.19. The number of benzene rings is 4. The zero-order valence-electron chi connectivity index (χ0n) is 28.3. The smallest absolute Gasteiger partial charge is 0.408 e. The van der Waals surface area contributed by atoms with Crippen LogP contribution in [0.15, 0.2) is 109 Å². The quantitative estimate of drug-likeness (QED) is 0.116. The summed E-state index contributed by atoms with van der Waals surface area (Å²) in [6.07, 6.45) is -3.13. The first-order chi connectivity index (χ1) is 25.1. The van der Waals surface area contributed by atoms with Gasteiger partial charge in [-0.2, -0.15) is 0 Å². The van der Waals surface area contributed by atoms with E-state index in [2.05, 4.69) is 16.0 Å². The van der Waals surface area contributed by atoms with E-state index in [-0.39, 0.29) is 25.6 Å². The minimum atomic E-state index is -1.59. The predicted octanol–water partition coefficient (Wildman–Crippen LogP) is 4.64. The molecule has 0 spiro atoms. The summed E-state index contributed by atoms with van der Waals surface area (Å²) in [6, 6.07) is 29.3. The highest BCUT2D eigenvalue weighted by atomic mass is 32.2. The van der Waals surface area contributed by atoms with Gasteiger partial charge in [-0.3, -0.25) is 9.59 Å². The molecule has 0 saturated carbocycles. The third-order valence-corrected chi connectivity index (χ3v) is 9.53. The molecule has 5 rings (SSSR count). The first kappa shape index (κ1) is 37.6. The lowest BCUT2D eigenvalue weighted by atomic mass is 9.98. The average molecular weight is 726 g/mol. The highest BCUT2D eigenvalue weighted by Crippen LogP contribution is 2.44. The second-order valence-electron chi connectivity index (χ2n) is 12.2. The molecule has 0 heterocycles. The van der Waals surface area contributed by atoms with Crippen LogP contribution in [0.3, 0.4) is 0 Å². The predicted molar refractivity (Wildman–Crippen MR) is 194 cm³/mol. The van der Waals surface area contributed by atoms with Crippen LogP contribution in [0.2, 0.25) is 0 Å². The van der Waals surface area contributed by atoms with Crippen LogP contribution in [0.4, 0.5) is 9.59 Å². The van der Waals surface area contributed by atoms with Crippen LogP contribution >= 0.6 is 11.8 Å². The standard InChI is InChI=1S/C39H39N3O9S/c1-24(43)34(42-39(49)50-21-26-14-6-3-7-15-26)35(44)40-33(36(45)46)23-52-37(47)32(20-25-12-4-2-5-13-25)41-38(48)51-22-31-29-18-10-8-16-27(29)28-17-9-11-19-30(28)31/h2-19,24,31-34,43H,20-23H2,1H3,(H,40,44)(H,41,48)(H,42,49)(H,45,46)/t24-,32+,33+,34+/m1/s1. The van der Waals surface area contributed by atoms with E-state index in [4.69, 9.17) is 9.47 Å². The molecule has 4 aromatic carbocycles.